The van der Waals surface area contributed by atoms with Gasteiger partial charge in [-0.25, -0.2) is 0 Å². The lowest BCUT2D eigenvalue weighted by molar-refractivity contribution is -0.123. The van der Waals surface area contributed by atoms with E-state index >= 15 is 0 Å². The van der Waals surface area contributed by atoms with Crippen molar-refractivity contribution in [3.63, 3.8) is 0 Å². The predicted octanol–water partition coefficient (Wildman–Crippen LogP) is 2.87. The molecule has 6 nitrogen and oxygen atoms in total. The highest BCUT2D eigenvalue weighted by Gasteiger charge is 2.35. The van der Waals surface area contributed by atoms with Crippen molar-refractivity contribution in [2.75, 3.05) is 26.2 Å². The summed E-state index contributed by atoms with van der Waals surface area (Å²) in [6.07, 6.45) is 2.02. The van der Waals surface area contributed by atoms with Crippen LogP contribution in [0.1, 0.15) is 34.2 Å². The number of halogens is 3. The molecule has 160 valence electrons. The third-order valence-electron chi connectivity index (χ3n) is 5.56. The smallest absolute Gasteiger partial charge is 0.405 e. The minimum atomic E-state index is -4.52. The first-order valence-corrected chi connectivity index (χ1v) is 9.81. The summed E-state index contributed by atoms with van der Waals surface area (Å²) in [6.45, 7) is 1.35. The van der Waals surface area contributed by atoms with E-state index in [0.717, 1.165) is 37.5 Å². The molecule has 4 rings (SSSR count). The molecule has 1 saturated heterocycles. The van der Waals surface area contributed by atoms with E-state index in [1.54, 1.807) is 22.2 Å². The van der Waals surface area contributed by atoms with Gasteiger partial charge in [0.1, 0.15) is 17.9 Å². The van der Waals surface area contributed by atoms with E-state index in [0.29, 0.717) is 6.54 Å². The van der Waals surface area contributed by atoms with Gasteiger partial charge in [-0.2, -0.15) is 13.2 Å². The molecule has 0 aromatic carbocycles. The molecule has 0 aliphatic carbocycles. The van der Waals surface area contributed by atoms with Gasteiger partial charge in [0, 0.05) is 37.8 Å². The van der Waals surface area contributed by atoms with Crippen LogP contribution in [0.2, 0.25) is 0 Å². The van der Waals surface area contributed by atoms with Gasteiger partial charge >= 0.3 is 6.18 Å². The summed E-state index contributed by atoms with van der Waals surface area (Å²) in [6, 6.07) is 6.76. The van der Waals surface area contributed by atoms with Crippen LogP contribution in [0.15, 0.2) is 45.8 Å². The molecule has 2 bridgehead atoms. The number of hydrogen-bond donors (Lipinski definition) is 1. The Balaban J connectivity index is 1.47. The molecular weight excluding hydrogens is 399 g/mol. The maximum Gasteiger partial charge on any atom is 0.405 e. The molecule has 0 unspecified atom stereocenters. The first-order valence-electron chi connectivity index (χ1n) is 9.81. The van der Waals surface area contributed by atoms with Crippen LogP contribution in [0.5, 0.6) is 0 Å². The van der Waals surface area contributed by atoms with Crippen molar-refractivity contribution in [3.05, 3.63) is 64.0 Å². The largest absolute Gasteiger partial charge is 0.465 e. The Kier molecular flexibility index (Phi) is 5.55. The molecule has 0 radical (unpaired) electrons. The minimum absolute atomic E-state index is 0.148. The predicted molar refractivity (Wildman–Crippen MR) is 104 cm³/mol. The average molecular weight is 421 g/mol. The summed E-state index contributed by atoms with van der Waals surface area (Å²) in [5, 5.41) is 1.78. The highest BCUT2D eigenvalue weighted by Crippen LogP contribution is 2.35. The van der Waals surface area contributed by atoms with Crippen LogP contribution in [0.3, 0.4) is 0 Å². The van der Waals surface area contributed by atoms with E-state index in [-0.39, 0.29) is 17.4 Å². The van der Waals surface area contributed by atoms with Crippen molar-refractivity contribution in [2.24, 2.45) is 5.92 Å². The molecule has 2 aromatic rings. The summed E-state index contributed by atoms with van der Waals surface area (Å²) in [5.74, 6) is 0.197. The molecular formula is C21H22F3N3O3. The van der Waals surface area contributed by atoms with Gasteiger partial charge in [0.2, 0.25) is 0 Å². The molecule has 1 amide bonds. The first-order chi connectivity index (χ1) is 14.3. The quantitative estimate of drug-likeness (QED) is 0.806. The number of alkyl halides is 3. The molecule has 0 spiro atoms. The van der Waals surface area contributed by atoms with Gasteiger partial charge in [-0.3, -0.25) is 14.5 Å². The molecule has 30 heavy (non-hydrogen) atoms. The number of aromatic nitrogens is 1. The monoisotopic (exact) mass is 421 g/mol. The Morgan fingerprint density at radius 2 is 2.07 bits per heavy atom. The third-order valence-corrected chi connectivity index (χ3v) is 5.56. The average Bonchev–Trinajstić information content (AvgIpc) is 3.20. The van der Waals surface area contributed by atoms with Crippen molar-refractivity contribution >= 4 is 12.0 Å². The molecule has 2 aliphatic heterocycles. The lowest BCUT2D eigenvalue weighted by Gasteiger charge is -2.42. The van der Waals surface area contributed by atoms with Crippen LogP contribution in [-0.2, 0) is 6.54 Å². The number of amides is 1. The summed E-state index contributed by atoms with van der Waals surface area (Å²) in [5.41, 5.74) is 0.0672. The highest BCUT2D eigenvalue weighted by molar-refractivity contribution is 5.93. The Morgan fingerprint density at radius 3 is 2.80 bits per heavy atom. The van der Waals surface area contributed by atoms with Crippen molar-refractivity contribution in [1.82, 2.24) is 14.8 Å². The zero-order chi connectivity index (χ0) is 21.3. The lowest BCUT2D eigenvalue weighted by atomic mass is 9.83. The van der Waals surface area contributed by atoms with Crippen molar-refractivity contribution in [2.45, 2.75) is 25.1 Å². The summed E-state index contributed by atoms with van der Waals surface area (Å²) in [7, 11) is 0. The van der Waals surface area contributed by atoms with Crippen LogP contribution < -0.4 is 10.9 Å². The second-order valence-electron chi connectivity index (χ2n) is 7.82. The van der Waals surface area contributed by atoms with Crippen LogP contribution in [-0.4, -0.2) is 47.7 Å². The molecule has 4 heterocycles. The van der Waals surface area contributed by atoms with Gasteiger partial charge in [0.15, 0.2) is 0 Å². The van der Waals surface area contributed by atoms with Gasteiger partial charge in [-0.15, -0.1) is 0 Å². The van der Waals surface area contributed by atoms with Crippen LogP contribution in [0.25, 0.3) is 6.08 Å². The molecule has 1 fully saturated rings. The number of fused-ring (bicyclic) bond motifs is 4. The number of rotatable bonds is 5. The zero-order valence-electron chi connectivity index (χ0n) is 16.2. The third kappa shape index (κ3) is 4.51. The second kappa shape index (κ2) is 8.14. The number of carbonyl (C=O) groups is 1. The van der Waals surface area contributed by atoms with Gasteiger partial charge in [0.05, 0.1) is 6.26 Å². The summed E-state index contributed by atoms with van der Waals surface area (Å²) < 4.78 is 43.9. The van der Waals surface area contributed by atoms with Gasteiger partial charge < -0.3 is 14.3 Å². The number of nitrogens with one attached hydrogen (secondary N) is 1. The van der Waals surface area contributed by atoms with Crippen LogP contribution in [0, 0.1) is 5.92 Å². The van der Waals surface area contributed by atoms with Gasteiger partial charge in [-0.1, -0.05) is 6.08 Å². The first kappa shape index (κ1) is 20.5. The van der Waals surface area contributed by atoms with E-state index in [4.69, 9.17) is 4.42 Å². The van der Waals surface area contributed by atoms with Crippen molar-refractivity contribution in [1.29, 1.82) is 0 Å². The topological polar surface area (TPSA) is 67.5 Å². The number of hydrogen-bond acceptors (Lipinski definition) is 4. The Bertz CT molecular complexity index is 995. The van der Waals surface area contributed by atoms with Crippen LogP contribution in [0.4, 0.5) is 13.2 Å². The highest BCUT2D eigenvalue weighted by atomic mass is 19.4. The van der Waals surface area contributed by atoms with Crippen molar-refractivity contribution < 1.29 is 22.4 Å². The Morgan fingerprint density at radius 1 is 1.23 bits per heavy atom. The number of carbonyl (C=O) groups excluding carboxylic acids is 1. The van der Waals surface area contributed by atoms with E-state index in [1.807, 2.05) is 24.3 Å². The fraction of sp³-hybridized carbons (Fsp3) is 0.429. The standard InChI is InChI=1S/C21H22F3N3O3/c22-21(23,24)13-25-19(28)17-5-6-18-15-9-14(11-27(18)20(17)29)10-26(12-15)7-1-3-16-4-2-8-30-16/h1-6,8,14-15H,7,9-13H2,(H,25,28)/b3-1+/t14-,15+/m0/s1. The molecule has 2 aliphatic rings. The summed E-state index contributed by atoms with van der Waals surface area (Å²) in [4.78, 5) is 27.2. The normalized spacial score (nSPS) is 21.6. The number of nitrogens with zero attached hydrogens (tertiary/aromatic N) is 2. The lowest BCUT2D eigenvalue weighted by Crippen LogP contribution is -2.48. The Hall–Kier alpha value is -2.81. The van der Waals surface area contributed by atoms with E-state index in [2.05, 4.69) is 4.90 Å². The fourth-order valence-electron chi connectivity index (χ4n) is 4.35. The molecule has 2 atom stereocenters. The second-order valence-corrected chi connectivity index (χ2v) is 7.82. The SMILES string of the molecule is O=C(NCC(F)(F)F)c1ccc2n(c1=O)C[C@H]1C[C@@H]2CN(C/C=C/c2ccco2)C1. The van der Waals surface area contributed by atoms with E-state index in [1.165, 1.54) is 6.07 Å². The molecule has 9 heteroatoms. The van der Waals surface area contributed by atoms with E-state index in [9.17, 15) is 22.8 Å². The van der Waals surface area contributed by atoms with Crippen LogP contribution >= 0.6 is 0 Å². The molecule has 0 saturated carbocycles. The number of piperidine rings is 1. The van der Waals surface area contributed by atoms with E-state index < -0.39 is 24.2 Å². The number of furan rings is 1. The van der Waals surface area contributed by atoms with Gasteiger partial charge in [0.25, 0.3) is 11.5 Å². The Labute approximate surface area is 171 Å². The number of pyridine rings is 1. The molecule has 1 N–H and O–H groups in total. The minimum Gasteiger partial charge on any atom is -0.465 e. The maximum absolute atomic E-state index is 12.8. The number of likely N-dealkylation sites (tertiary alicyclic amines) is 1. The van der Waals surface area contributed by atoms with Crippen molar-refractivity contribution in [3.8, 4) is 0 Å². The maximum atomic E-state index is 12.8. The zero-order valence-corrected chi connectivity index (χ0v) is 16.2. The summed E-state index contributed by atoms with van der Waals surface area (Å²) >= 11 is 0. The fourth-order valence-corrected chi connectivity index (χ4v) is 4.35. The van der Waals surface area contributed by atoms with Gasteiger partial charge in [-0.05, 0) is 42.7 Å². The molecule has 2 aromatic heterocycles.